The van der Waals surface area contributed by atoms with E-state index in [0.717, 1.165) is 38.4 Å². The van der Waals surface area contributed by atoms with Gasteiger partial charge in [-0.05, 0) is 50.4 Å². The fourth-order valence-electron chi connectivity index (χ4n) is 5.92. The van der Waals surface area contributed by atoms with Crippen molar-refractivity contribution >= 4 is 5.97 Å². The molecule has 3 rings (SSSR count). The van der Waals surface area contributed by atoms with Gasteiger partial charge in [0.15, 0.2) is 0 Å². The van der Waals surface area contributed by atoms with Crippen LogP contribution in [0.2, 0.25) is 0 Å². The monoisotopic (exact) mass is 454 g/mol. The van der Waals surface area contributed by atoms with Crippen LogP contribution < -0.4 is 0 Å². The maximum atomic E-state index is 14.2. The lowest BCUT2D eigenvalue weighted by Crippen LogP contribution is -2.53. The Morgan fingerprint density at radius 3 is 2.47 bits per heavy atom. The van der Waals surface area contributed by atoms with Gasteiger partial charge in [0, 0.05) is 18.1 Å². The summed E-state index contributed by atoms with van der Waals surface area (Å²) in [6.45, 7) is 6.06. The first kappa shape index (κ1) is 24.8. The number of benzene rings is 1. The molecule has 1 N–H and O–H groups in total. The number of carbonyl (C=O) groups is 1. The predicted molar refractivity (Wildman–Crippen MR) is 115 cm³/mol. The van der Waals surface area contributed by atoms with E-state index in [4.69, 9.17) is 9.47 Å². The Kier molecular flexibility index (Phi) is 6.83. The SMILES string of the molecule is CO[C@@](C(=O)O[C@@H]1C[C@@H]2CC[C@@]1(C)C2(C)CC/C=C(/C)CO)(c1ccccc1)C(F)(F)F. The molecule has 2 aliphatic rings. The molecule has 0 spiro atoms. The van der Waals surface area contributed by atoms with Crippen LogP contribution in [0.4, 0.5) is 13.2 Å². The highest BCUT2D eigenvalue weighted by Crippen LogP contribution is 2.68. The molecule has 2 saturated carbocycles. The molecule has 1 aromatic rings. The van der Waals surface area contributed by atoms with Crippen molar-refractivity contribution in [2.75, 3.05) is 13.7 Å². The predicted octanol–water partition coefficient (Wildman–Crippen LogP) is 5.55. The van der Waals surface area contributed by atoms with E-state index in [9.17, 15) is 23.1 Å². The number of esters is 1. The summed E-state index contributed by atoms with van der Waals surface area (Å²) in [4.78, 5) is 13.2. The number of aliphatic hydroxyl groups excluding tert-OH is 1. The van der Waals surface area contributed by atoms with E-state index in [2.05, 4.69) is 6.92 Å². The largest absolute Gasteiger partial charge is 0.459 e. The van der Waals surface area contributed by atoms with Crippen LogP contribution in [0.5, 0.6) is 0 Å². The lowest BCUT2D eigenvalue weighted by molar-refractivity contribution is -0.280. The molecule has 0 amide bonds. The summed E-state index contributed by atoms with van der Waals surface area (Å²) in [5.74, 6) is -1.14. The fourth-order valence-corrected chi connectivity index (χ4v) is 5.92. The van der Waals surface area contributed by atoms with Crippen molar-refractivity contribution in [1.29, 1.82) is 0 Å². The lowest BCUT2D eigenvalue weighted by atomic mass is 9.66. The van der Waals surface area contributed by atoms with Gasteiger partial charge < -0.3 is 14.6 Å². The van der Waals surface area contributed by atoms with Crippen LogP contribution >= 0.6 is 0 Å². The zero-order chi connectivity index (χ0) is 23.8. The second-order valence-corrected chi connectivity index (χ2v) is 9.70. The third-order valence-corrected chi connectivity index (χ3v) is 8.26. The smallest absolute Gasteiger partial charge is 0.432 e. The number of alkyl halides is 3. The van der Waals surface area contributed by atoms with Gasteiger partial charge in [0.2, 0.25) is 0 Å². The Morgan fingerprint density at radius 2 is 1.91 bits per heavy atom. The molecule has 178 valence electrons. The van der Waals surface area contributed by atoms with Crippen LogP contribution in [0.15, 0.2) is 42.0 Å². The van der Waals surface area contributed by atoms with E-state index in [1.807, 2.05) is 19.9 Å². The number of aliphatic hydroxyl groups is 1. The minimum atomic E-state index is -4.98. The first-order chi connectivity index (χ1) is 15.0. The molecule has 2 bridgehead atoms. The lowest BCUT2D eigenvalue weighted by Gasteiger charge is -2.42. The van der Waals surface area contributed by atoms with Crippen molar-refractivity contribution in [2.45, 2.75) is 70.8 Å². The highest BCUT2D eigenvalue weighted by atomic mass is 19.4. The first-order valence-electron chi connectivity index (χ1n) is 11.1. The van der Waals surface area contributed by atoms with E-state index in [-0.39, 0.29) is 23.5 Å². The minimum Gasteiger partial charge on any atom is -0.459 e. The van der Waals surface area contributed by atoms with Crippen molar-refractivity contribution < 1.29 is 32.5 Å². The number of rotatable bonds is 8. The highest BCUT2D eigenvalue weighted by molar-refractivity contribution is 5.83. The summed E-state index contributed by atoms with van der Waals surface area (Å²) in [7, 11) is 0.893. The standard InChI is InChI=1S/C25H33F3O4/c1-17(16-29)9-8-13-22(2)19-12-14-23(22,3)20(15-19)32-21(30)24(31-4,25(26,27)28)18-10-6-5-7-11-18/h5-7,9-11,19-20,29H,8,12-16H2,1-4H3/b17-9-/t19-,20+,22?,23+,24+/m0/s1. The minimum absolute atomic E-state index is 0.00762. The Labute approximate surface area is 187 Å². The highest BCUT2D eigenvalue weighted by Gasteiger charge is 2.68. The number of ether oxygens (including phenoxy) is 2. The van der Waals surface area contributed by atoms with Crippen LogP contribution in [0.25, 0.3) is 0 Å². The molecule has 5 atom stereocenters. The first-order valence-corrected chi connectivity index (χ1v) is 11.1. The molecular formula is C25H33F3O4. The van der Waals surface area contributed by atoms with Crippen LogP contribution in [0.3, 0.4) is 0 Å². The quantitative estimate of drug-likeness (QED) is 0.414. The zero-order valence-corrected chi connectivity index (χ0v) is 19.2. The van der Waals surface area contributed by atoms with Crippen molar-refractivity contribution in [1.82, 2.24) is 0 Å². The van der Waals surface area contributed by atoms with E-state index < -0.39 is 29.3 Å². The Bertz CT molecular complexity index is 852. The van der Waals surface area contributed by atoms with E-state index in [0.29, 0.717) is 6.42 Å². The second kappa shape index (κ2) is 8.82. The molecule has 0 radical (unpaired) electrons. The number of allylic oxidation sites excluding steroid dienone is 1. The van der Waals surface area contributed by atoms with E-state index in [1.54, 1.807) is 6.07 Å². The molecule has 0 saturated heterocycles. The summed E-state index contributed by atoms with van der Waals surface area (Å²) >= 11 is 0. The average molecular weight is 455 g/mol. The van der Waals surface area contributed by atoms with Gasteiger partial charge in [0.1, 0.15) is 6.10 Å². The number of hydrogen-bond acceptors (Lipinski definition) is 4. The second-order valence-electron chi connectivity index (χ2n) is 9.70. The van der Waals surface area contributed by atoms with E-state index in [1.165, 1.54) is 24.3 Å². The maximum absolute atomic E-state index is 14.2. The normalized spacial score (nSPS) is 32.1. The number of methoxy groups -OCH3 is 1. The van der Waals surface area contributed by atoms with Crippen LogP contribution in [0.1, 0.15) is 58.4 Å². The molecular weight excluding hydrogens is 421 g/mol. The van der Waals surface area contributed by atoms with Gasteiger partial charge in [-0.25, -0.2) is 4.79 Å². The molecule has 1 aromatic carbocycles. The summed E-state index contributed by atoms with van der Waals surface area (Å²) in [6, 6.07) is 6.95. The van der Waals surface area contributed by atoms with Crippen molar-refractivity contribution in [3.63, 3.8) is 0 Å². The summed E-state index contributed by atoms with van der Waals surface area (Å²) in [5.41, 5.74) is -3.14. The molecule has 2 fully saturated rings. The molecule has 2 aliphatic carbocycles. The Hall–Kier alpha value is -1.86. The van der Waals surface area contributed by atoms with Crippen LogP contribution in [-0.4, -0.2) is 37.1 Å². The zero-order valence-electron chi connectivity index (χ0n) is 19.2. The van der Waals surface area contributed by atoms with Gasteiger partial charge in [-0.1, -0.05) is 55.8 Å². The van der Waals surface area contributed by atoms with Crippen LogP contribution in [-0.2, 0) is 19.9 Å². The summed E-state index contributed by atoms with van der Waals surface area (Å²) in [5, 5.41) is 9.23. The molecule has 0 aliphatic heterocycles. The molecule has 1 unspecified atom stereocenters. The number of carbonyl (C=O) groups excluding carboxylic acids is 1. The van der Waals surface area contributed by atoms with Crippen molar-refractivity contribution in [3.8, 4) is 0 Å². The number of halogens is 3. The van der Waals surface area contributed by atoms with E-state index >= 15 is 0 Å². The van der Waals surface area contributed by atoms with Gasteiger partial charge >= 0.3 is 12.1 Å². The number of hydrogen-bond donors (Lipinski definition) is 1. The summed E-state index contributed by atoms with van der Waals surface area (Å²) in [6.07, 6.45) is 0.327. The van der Waals surface area contributed by atoms with Crippen molar-refractivity contribution in [2.24, 2.45) is 16.7 Å². The summed E-state index contributed by atoms with van der Waals surface area (Å²) < 4.78 is 53.3. The topological polar surface area (TPSA) is 55.8 Å². The van der Waals surface area contributed by atoms with Crippen molar-refractivity contribution in [3.05, 3.63) is 47.5 Å². The Balaban J connectivity index is 1.87. The molecule has 0 heterocycles. The third-order valence-electron chi connectivity index (χ3n) is 8.26. The molecule has 32 heavy (non-hydrogen) atoms. The van der Waals surface area contributed by atoms with Gasteiger partial charge in [0.05, 0.1) is 6.61 Å². The van der Waals surface area contributed by atoms with Gasteiger partial charge in [-0.15, -0.1) is 0 Å². The number of fused-ring (bicyclic) bond motifs is 2. The molecule has 4 nitrogen and oxygen atoms in total. The molecule has 0 aromatic heterocycles. The fraction of sp³-hybridized carbons (Fsp3) is 0.640. The van der Waals surface area contributed by atoms with Gasteiger partial charge in [-0.2, -0.15) is 13.2 Å². The average Bonchev–Trinajstić information content (AvgIpc) is 3.10. The van der Waals surface area contributed by atoms with Gasteiger partial charge in [0.25, 0.3) is 5.60 Å². The third kappa shape index (κ3) is 3.77. The molecule has 7 heteroatoms. The van der Waals surface area contributed by atoms with Gasteiger partial charge in [-0.3, -0.25) is 0 Å². The Morgan fingerprint density at radius 1 is 1.25 bits per heavy atom. The maximum Gasteiger partial charge on any atom is 0.432 e. The van der Waals surface area contributed by atoms with Crippen LogP contribution in [0, 0.1) is 16.7 Å².